The number of esters is 3. The summed E-state index contributed by atoms with van der Waals surface area (Å²) in [6.07, 6.45) is 76.2. The van der Waals surface area contributed by atoms with Crippen LogP contribution in [0.3, 0.4) is 0 Å². The molecule has 0 aliphatic heterocycles. The van der Waals surface area contributed by atoms with E-state index in [-0.39, 0.29) is 31.1 Å². The van der Waals surface area contributed by atoms with E-state index in [1.807, 2.05) is 0 Å². The molecule has 6 heteroatoms. The van der Waals surface area contributed by atoms with Gasteiger partial charge in [-0.2, -0.15) is 0 Å². The number of carbonyl (C=O) groups excluding carboxylic acids is 3. The standard InChI is InChI=1S/C68H128O6/c1-4-7-10-13-16-19-22-25-28-31-32-33-34-35-36-38-40-43-46-49-52-55-58-61-67(70)73-64-65(63-72-66(69)60-57-54-51-48-45-42-39-30-27-24-21-18-15-12-9-6-3)74-68(71)62-59-56-53-50-47-44-41-37-29-26-23-20-17-14-11-8-5-2/h26,29-30,39,65H,4-25,27-28,31-38,40-64H2,1-3H3/b29-26-,39-30-. The lowest BCUT2D eigenvalue weighted by molar-refractivity contribution is -0.167. The molecule has 0 bridgehead atoms. The largest absolute Gasteiger partial charge is 0.462 e. The Labute approximate surface area is 462 Å². The molecule has 0 aromatic rings. The van der Waals surface area contributed by atoms with Gasteiger partial charge in [0.05, 0.1) is 0 Å². The van der Waals surface area contributed by atoms with Crippen molar-refractivity contribution in [2.24, 2.45) is 0 Å². The molecule has 0 N–H and O–H groups in total. The summed E-state index contributed by atoms with van der Waals surface area (Å²) in [5.41, 5.74) is 0. The number of carbonyl (C=O) groups is 3. The summed E-state index contributed by atoms with van der Waals surface area (Å²) in [6, 6.07) is 0. The van der Waals surface area contributed by atoms with Crippen molar-refractivity contribution < 1.29 is 28.6 Å². The highest BCUT2D eigenvalue weighted by molar-refractivity contribution is 5.71. The second-order valence-electron chi connectivity index (χ2n) is 22.7. The Morgan fingerprint density at radius 2 is 0.446 bits per heavy atom. The summed E-state index contributed by atoms with van der Waals surface area (Å²) in [7, 11) is 0. The Balaban J connectivity index is 4.28. The fourth-order valence-corrected chi connectivity index (χ4v) is 10.1. The Hall–Kier alpha value is -2.11. The van der Waals surface area contributed by atoms with Crippen LogP contribution in [0, 0.1) is 0 Å². The third-order valence-electron chi connectivity index (χ3n) is 15.2. The SMILES string of the molecule is CCCCCCCC/C=C\CCCCCCCCCC(=O)OC(COC(=O)CCCCCCC/C=C\CCCCCCCCC)COC(=O)CCCCCCCCCCCCCCCCCCCCCCCCC. The van der Waals surface area contributed by atoms with Crippen molar-refractivity contribution >= 4 is 17.9 Å². The fourth-order valence-electron chi connectivity index (χ4n) is 10.1. The number of hydrogen-bond acceptors (Lipinski definition) is 6. The lowest BCUT2D eigenvalue weighted by Gasteiger charge is -2.18. The van der Waals surface area contributed by atoms with Gasteiger partial charge in [0, 0.05) is 19.3 Å². The smallest absolute Gasteiger partial charge is 0.306 e. The molecular formula is C68H128O6. The Morgan fingerprint density at radius 3 is 0.676 bits per heavy atom. The van der Waals surface area contributed by atoms with Crippen LogP contribution in [-0.2, 0) is 28.6 Å². The van der Waals surface area contributed by atoms with Crippen LogP contribution in [0.5, 0.6) is 0 Å². The Morgan fingerprint density at radius 1 is 0.257 bits per heavy atom. The highest BCUT2D eigenvalue weighted by Crippen LogP contribution is 2.18. The third kappa shape index (κ3) is 60.8. The van der Waals surface area contributed by atoms with Gasteiger partial charge in [0.15, 0.2) is 6.10 Å². The predicted octanol–water partition coefficient (Wildman–Crippen LogP) is 22.6. The number of hydrogen-bond donors (Lipinski definition) is 0. The maximum Gasteiger partial charge on any atom is 0.306 e. The zero-order valence-corrected chi connectivity index (χ0v) is 50.1. The van der Waals surface area contributed by atoms with Gasteiger partial charge in [0.25, 0.3) is 0 Å². The van der Waals surface area contributed by atoms with E-state index < -0.39 is 6.10 Å². The summed E-state index contributed by atoms with van der Waals surface area (Å²) in [4.78, 5) is 38.3. The van der Waals surface area contributed by atoms with Gasteiger partial charge in [-0.3, -0.25) is 14.4 Å². The van der Waals surface area contributed by atoms with Crippen molar-refractivity contribution in [2.45, 2.75) is 380 Å². The first kappa shape index (κ1) is 71.9. The van der Waals surface area contributed by atoms with Crippen LogP contribution in [-0.4, -0.2) is 37.2 Å². The molecule has 0 aromatic carbocycles. The first-order valence-corrected chi connectivity index (χ1v) is 33.3. The fraction of sp³-hybridized carbons (Fsp3) is 0.897. The monoisotopic (exact) mass is 1040 g/mol. The number of ether oxygens (including phenoxy) is 3. The molecular weight excluding hydrogens is 913 g/mol. The molecule has 0 spiro atoms. The Bertz CT molecular complexity index is 1190. The van der Waals surface area contributed by atoms with Crippen molar-refractivity contribution in [3.05, 3.63) is 24.3 Å². The van der Waals surface area contributed by atoms with E-state index in [0.29, 0.717) is 19.3 Å². The molecule has 0 heterocycles. The van der Waals surface area contributed by atoms with Gasteiger partial charge in [0.2, 0.25) is 0 Å². The molecule has 436 valence electrons. The van der Waals surface area contributed by atoms with Gasteiger partial charge >= 0.3 is 17.9 Å². The summed E-state index contributed by atoms with van der Waals surface area (Å²) in [5.74, 6) is -0.856. The van der Waals surface area contributed by atoms with Gasteiger partial charge in [-0.05, 0) is 70.6 Å². The van der Waals surface area contributed by atoms with E-state index >= 15 is 0 Å². The first-order valence-electron chi connectivity index (χ1n) is 33.3. The molecule has 0 saturated heterocycles. The minimum Gasteiger partial charge on any atom is -0.462 e. The number of allylic oxidation sites excluding steroid dienone is 4. The Kier molecular flexibility index (Phi) is 61.6. The normalized spacial score (nSPS) is 12.1. The van der Waals surface area contributed by atoms with Crippen molar-refractivity contribution in [1.82, 2.24) is 0 Å². The van der Waals surface area contributed by atoms with Gasteiger partial charge in [-0.15, -0.1) is 0 Å². The van der Waals surface area contributed by atoms with Gasteiger partial charge < -0.3 is 14.2 Å². The van der Waals surface area contributed by atoms with E-state index in [9.17, 15) is 14.4 Å². The highest BCUT2D eigenvalue weighted by Gasteiger charge is 2.19. The van der Waals surface area contributed by atoms with E-state index in [1.54, 1.807) is 0 Å². The molecule has 6 nitrogen and oxygen atoms in total. The van der Waals surface area contributed by atoms with Crippen LogP contribution in [0.25, 0.3) is 0 Å². The van der Waals surface area contributed by atoms with Gasteiger partial charge in [0.1, 0.15) is 13.2 Å². The molecule has 0 aliphatic carbocycles. The molecule has 0 fully saturated rings. The van der Waals surface area contributed by atoms with Gasteiger partial charge in [-0.25, -0.2) is 0 Å². The summed E-state index contributed by atoms with van der Waals surface area (Å²) < 4.78 is 17.0. The zero-order chi connectivity index (χ0) is 53.6. The second-order valence-corrected chi connectivity index (χ2v) is 22.7. The first-order chi connectivity index (χ1) is 36.5. The molecule has 0 aromatic heterocycles. The van der Waals surface area contributed by atoms with Crippen LogP contribution in [0.15, 0.2) is 24.3 Å². The number of rotatable bonds is 62. The summed E-state index contributed by atoms with van der Waals surface area (Å²) in [5, 5.41) is 0. The van der Waals surface area contributed by atoms with Crippen LogP contribution in [0.2, 0.25) is 0 Å². The van der Waals surface area contributed by atoms with Crippen LogP contribution < -0.4 is 0 Å². The minimum atomic E-state index is -0.775. The van der Waals surface area contributed by atoms with Gasteiger partial charge in [-0.1, -0.05) is 308 Å². The second kappa shape index (κ2) is 63.4. The van der Waals surface area contributed by atoms with Crippen molar-refractivity contribution in [2.75, 3.05) is 13.2 Å². The molecule has 1 atom stereocenters. The molecule has 74 heavy (non-hydrogen) atoms. The lowest BCUT2D eigenvalue weighted by atomic mass is 10.0. The molecule has 0 amide bonds. The van der Waals surface area contributed by atoms with Crippen LogP contribution in [0.4, 0.5) is 0 Å². The van der Waals surface area contributed by atoms with Crippen LogP contribution >= 0.6 is 0 Å². The minimum absolute atomic E-state index is 0.0705. The predicted molar refractivity (Wildman–Crippen MR) is 321 cm³/mol. The van der Waals surface area contributed by atoms with E-state index in [1.165, 1.54) is 270 Å². The topological polar surface area (TPSA) is 78.9 Å². The molecule has 0 radical (unpaired) electrons. The molecule has 0 aliphatic rings. The maximum atomic E-state index is 12.9. The average Bonchev–Trinajstić information content (AvgIpc) is 3.40. The van der Waals surface area contributed by atoms with Crippen molar-refractivity contribution in [1.29, 1.82) is 0 Å². The lowest BCUT2D eigenvalue weighted by Crippen LogP contribution is -2.30. The third-order valence-corrected chi connectivity index (χ3v) is 15.2. The maximum absolute atomic E-state index is 12.9. The van der Waals surface area contributed by atoms with E-state index in [4.69, 9.17) is 14.2 Å². The zero-order valence-electron chi connectivity index (χ0n) is 50.1. The quantitative estimate of drug-likeness (QED) is 0.0261. The highest BCUT2D eigenvalue weighted by atomic mass is 16.6. The summed E-state index contributed by atoms with van der Waals surface area (Å²) >= 11 is 0. The average molecular weight is 1040 g/mol. The van der Waals surface area contributed by atoms with Crippen molar-refractivity contribution in [3.8, 4) is 0 Å². The molecule has 0 saturated carbocycles. The van der Waals surface area contributed by atoms with Crippen molar-refractivity contribution in [3.63, 3.8) is 0 Å². The van der Waals surface area contributed by atoms with Crippen LogP contribution in [0.1, 0.15) is 374 Å². The van der Waals surface area contributed by atoms with E-state index in [0.717, 1.165) is 64.2 Å². The van der Waals surface area contributed by atoms with E-state index in [2.05, 4.69) is 45.1 Å². The summed E-state index contributed by atoms with van der Waals surface area (Å²) in [6.45, 7) is 6.70. The number of unbranched alkanes of at least 4 members (excludes halogenated alkanes) is 47. The molecule has 1 unspecified atom stereocenters. The molecule has 0 rings (SSSR count).